The lowest BCUT2D eigenvalue weighted by Crippen LogP contribution is -2.41. The SMILES string of the molecule is COCCN(C(=O)c1ccc2c(c1)NC(=O)CCS2)C1CCCC1. The van der Waals surface area contributed by atoms with Gasteiger partial charge in [-0.15, -0.1) is 11.8 Å². The van der Waals surface area contributed by atoms with Crippen molar-refractivity contribution in [3.8, 4) is 0 Å². The molecule has 2 aliphatic rings. The Labute approximate surface area is 147 Å². The number of hydrogen-bond donors (Lipinski definition) is 1. The van der Waals surface area contributed by atoms with Crippen LogP contribution in [0.3, 0.4) is 0 Å². The van der Waals surface area contributed by atoms with Crippen molar-refractivity contribution >= 4 is 29.3 Å². The van der Waals surface area contributed by atoms with Crippen molar-refractivity contribution in [2.75, 3.05) is 31.3 Å². The molecular weight excluding hydrogens is 324 g/mol. The maximum absolute atomic E-state index is 13.0. The first kappa shape index (κ1) is 17.3. The van der Waals surface area contributed by atoms with E-state index in [4.69, 9.17) is 4.74 Å². The van der Waals surface area contributed by atoms with E-state index in [1.165, 1.54) is 12.8 Å². The van der Waals surface area contributed by atoms with Gasteiger partial charge in [0, 0.05) is 42.3 Å². The molecule has 0 atom stereocenters. The Morgan fingerprint density at radius 3 is 2.92 bits per heavy atom. The Hall–Kier alpha value is -1.53. The maximum Gasteiger partial charge on any atom is 0.254 e. The summed E-state index contributed by atoms with van der Waals surface area (Å²) in [6, 6.07) is 5.95. The number of nitrogens with zero attached hydrogens (tertiary/aromatic N) is 1. The quantitative estimate of drug-likeness (QED) is 0.888. The standard InChI is InChI=1S/C18H24N2O3S/c1-23-10-9-20(14-4-2-3-5-14)18(22)13-6-7-16-15(12-13)19-17(21)8-11-24-16/h6-7,12,14H,2-5,8-11H2,1H3,(H,19,21). The van der Waals surface area contributed by atoms with Crippen LogP contribution in [0.25, 0.3) is 0 Å². The summed E-state index contributed by atoms with van der Waals surface area (Å²) in [4.78, 5) is 27.8. The number of thioether (sulfide) groups is 1. The molecule has 6 heteroatoms. The second-order valence-electron chi connectivity index (χ2n) is 6.29. The molecule has 1 fully saturated rings. The van der Waals surface area contributed by atoms with Gasteiger partial charge in [0.15, 0.2) is 0 Å². The molecule has 0 bridgehead atoms. The van der Waals surface area contributed by atoms with Gasteiger partial charge in [0.05, 0.1) is 12.3 Å². The molecule has 2 amide bonds. The number of amides is 2. The number of benzene rings is 1. The highest BCUT2D eigenvalue weighted by atomic mass is 32.2. The molecule has 1 aliphatic heterocycles. The maximum atomic E-state index is 13.0. The van der Waals surface area contributed by atoms with Crippen LogP contribution in [0.4, 0.5) is 5.69 Å². The number of nitrogens with one attached hydrogen (secondary N) is 1. The Bertz CT molecular complexity index is 614. The molecule has 0 aromatic heterocycles. The third-order valence-corrected chi connectivity index (χ3v) is 5.73. The average molecular weight is 348 g/mol. The molecule has 1 N–H and O–H groups in total. The highest BCUT2D eigenvalue weighted by Gasteiger charge is 2.27. The monoisotopic (exact) mass is 348 g/mol. The molecule has 5 nitrogen and oxygen atoms in total. The summed E-state index contributed by atoms with van der Waals surface area (Å²) in [6.07, 6.45) is 4.99. The number of rotatable bonds is 5. The summed E-state index contributed by atoms with van der Waals surface area (Å²) in [7, 11) is 1.66. The Balaban J connectivity index is 1.82. The summed E-state index contributed by atoms with van der Waals surface area (Å²) in [5, 5.41) is 2.91. The zero-order chi connectivity index (χ0) is 16.9. The van der Waals surface area contributed by atoms with E-state index in [0.717, 1.165) is 29.2 Å². The minimum Gasteiger partial charge on any atom is -0.383 e. The molecule has 0 radical (unpaired) electrons. The fourth-order valence-corrected chi connectivity index (χ4v) is 4.31. The topological polar surface area (TPSA) is 58.6 Å². The zero-order valence-corrected chi connectivity index (χ0v) is 14.9. The molecule has 24 heavy (non-hydrogen) atoms. The van der Waals surface area contributed by atoms with Gasteiger partial charge < -0.3 is 15.0 Å². The predicted octanol–water partition coefficient (Wildman–Crippen LogP) is 3.15. The summed E-state index contributed by atoms with van der Waals surface area (Å²) in [5.74, 6) is 0.817. The first-order valence-electron chi connectivity index (χ1n) is 8.55. The van der Waals surface area contributed by atoms with Crippen LogP contribution in [-0.4, -0.2) is 48.8 Å². The first-order chi connectivity index (χ1) is 11.7. The van der Waals surface area contributed by atoms with Crippen molar-refractivity contribution in [1.29, 1.82) is 0 Å². The van der Waals surface area contributed by atoms with Crippen LogP contribution >= 0.6 is 11.8 Å². The second-order valence-corrected chi connectivity index (χ2v) is 7.42. The van der Waals surface area contributed by atoms with Gasteiger partial charge >= 0.3 is 0 Å². The summed E-state index contributed by atoms with van der Waals surface area (Å²) in [6.45, 7) is 1.15. The van der Waals surface area contributed by atoms with E-state index in [-0.39, 0.29) is 11.8 Å². The van der Waals surface area contributed by atoms with Crippen LogP contribution in [0, 0.1) is 0 Å². The van der Waals surface area contributed by atoms with Crippen molar-refractivity contribution in [2.45, 2.75) is 43.0 Å². The van der Waals surface area contributed by atoms with Crippen molar-refractivity contribution in [3.05, 3.63) is 23.8 Å². The minimum atomic E-state index is 0.0119. The number of hydrogen-bond acceptors (Lipinski definition) is 4. The van der Waals surface area contributed by atoms with Crippen LogP contribution in [-0.2, 0) is 9.53 Å². The number of anilines is 1. The van der Waals surface area contributed by atoms with E-state index < -0.39 is 0 Å². The second kappa shape index (κ2) is 8.03. The lowest BCUT2D eigenvalue weighted by atomic mass is 10.1. The number of methoxy groups -OCH3 is 1. The van der Waals surface area contributed by atoms with Crippen LogP contribution in [0.2, 0.25) is 0 Å². The van der Waals surface area contributed by atoms with Gasteiger partial charge in [-0.05, 0) is 31.0 Å². The molecule has 1 aliphatic carbocycles. The highest BCUT2D eigenvalue weighted by Crippen LogP contribution is 2.32. The van der Waals surface area contributed by atoms with Crippen molar-refractivity contribution in [2.24, 2.45) is 0 Å². The summed E-state index contributed by atoms with van der Waals surface area (Å²) < 4.78 is 5.18. The summed E-state index contributed by atoms with van der Waals surface area (Å²) in [5.41, 5.74) is 1.39. The van der Waals surface area contributed by atoms with Gasteiger partial charge in [0.2, 0.25) is 5.91 Å². The molecule has 130 valence electrons. The lowest BCUT2D eigenvalue weighted by Gasteiger charge is -2.29. The van der Waals surface area contributed by atoms with Crippen LogP contribution in [0.1, 0.15) is 42.5 Å². The number of carbonyl (C=O) groups excluding carboxylic acids is 2. The average Bonchev–Trinajstić information content (AvgIpc) is 3.03. The molecule has 3 rings (SSSR count). The van der Waals surface area contributed by atoms with Crippen molar-refractivity contribution in [1.82, 2.24) is 4.90 Å². The molecule has 0 saturated heterocycles. The largest absolute Gasteiger partial charge is 0.383 e. The molecule has 1 aromatic rings. The minimum absolute atomic E-state index is 0.0119. The Morgan fingerprint density at radius 1 is 1.38 bits per heavy atom. The van der Waals surface area contributed by atoms with E-state index in [9.17, 15) is 9.59 Å². The van der Waals surface area contributed by atoms with Crippen LogP contribution in [0.5, 0.6) is 0 Å². The third kappa shape index (κ3) is 3.92. The van der Waals surface area contributed by atoms with E-state index in [2.05, 4.69) is 5.32 Å². The first-order valence-corrected chi connectivity index (χ1v) is 9.54. The molecule has 0 spiro atoms. The molecule has 0 unspecified atom stereocenters. The van der Waals surface area contributed by atoms with Gasteiger partial charge in [-0.2, -0.15) is 0 Å². The third-order valence-electron chi connectivity index (χ3n) is 4.65. The smallest absolute Gasteiger partial charge is 0.254 e. The normalized spacial score (nSPS) is 18.0. The van der Waals surface area contributed by atoms with Gasteiger partial charge in [-0.3, -0.25) is 9.59 Å². The van der Waals surface area contributed by atoms with Gasteiger partial charge in [0.25, 0.3) is 5.91 Å². The fourth-order valence-electron chi connectivity index (χ4n) is 3.37. The van der Waals surface area contributed by atoms with E-state index in [0.29, 0.717) is 31.2 Å². The fraction of sp³-hybridized carbons (Fsp3) is 0.556. The van der Waals surface area contributed by atoms with Crippen molar-refractivity contribution < 1.29 is 14.3 Å². The predicted molar refractivity (Wildman–Crippen MR) is 95.6 cm³/mol. The number of ether oxygens (including phenoxy) is 1. The summed E-state index contributed by atoms with van der Waals surface area (Å²) >= 11 is 1.65. The van der Waals surface area contributed by atoms with E-state index in [1.807, 2.05) is 23.1 Å². The number of fused-ring (bicyclic) bond motifs is 1. The van der Waals surface area contributed by atoms with Gasteiger partial charge in [0.1, 0.15) is 0 Å². The van der Waals surface area contributed by atoms with E-state index in [1.54, 1.807) is 18.9 Å². The molecular formula is C18H24N2O3S. The van der Waals surface area contributed by atoms with Gasteiger partial charge in [-0.1, -0.05) is 12.8 Å². The van der Waals surface area contributed by atoms with E-state index >= 15 is 0 Å². The molecule has 1 saturated carbocycles. The Morgan fingerprint density at radius 2 is 2.17 bits per heavy atom. The van der Waals surface area contributed by atoms with Gasteiger partial charge in [-0.25, -0.2) is 0 Å². The van der Waals surface area contributed by atoms with Crippen LogP contribution in [0.15, 0.2) is 23.1 Å². The zero-order valence-electron chi connectivity index (χ0n) is 14.0. The molecule has 1 aromatic carbocycles. The Kier molecular flexibility index (Phi) is 5.79. The highest BCUT2D eigenvalue weighted by molar-refractivity contribution is 7.99. The lowest BCUT2D eigenvalue weighted by molar-refractivity contribution is -0.115. The van der Waals surface area contributed by atoms with Crippen LogP contribution < -0.4 is 5.32 Å². The molecule has 1 heterocycles. The number of carbonyl (C=O) groups is 2. The van der Waals surface area contributed by atoms with Crippen molar-refractivity contribution in [3.63, 3.8) is 0 Å².